The lowest BCUT2D eigenvalue weighted by molar-refractivity contribution is 0.231. The Hall–Kier alpha value is -1.73. The molecule has 1 unspecified atom stereocenters. The van der Waals surface area contributed by atoms with Crippen LogP contribution < -0.4 is 9.64 Å². The maximum absolute atomic E-state index is 8.91. The second kappa shape index (κ2) is 5.74. The summed E-state index contributed by atoms with van der Waals surface area (Å²) in [5.74, 6) is 0.885. The minimum atomic E-state index is 0.0167. The summed E-state index contributed by atoms with van der Waals surface area (Å²) in [5, 5.41) is 8.91. The van der Waals surface area contributed by atoms with Crippen LogP contribution >= 0.6 is 0 Å². The zero-order valence-electron chi connectivity index (χ0n) is 11.0. The molecule has 4 heteroatoms. The van der Waals surface area contributed by atoms with Crippen molar-refractivity contribution in [3.8, 4) is 11.8 Å². The van der Waals surface area contributed by atoms with Gasteiger partial charge in [0.15, 0.2) is 0 Å². The van der Waals surface area contributed by atoms with Crippen LogP contribution in [0.4, 0.5) is 5.69 Å². The fourth-order valence-corrected chi connectivity index (χ4v) is 2.24. The lowest BCUT2D eigenvalue weighted by Crippen LogP contribution is -2.49. The van der Waals surface area contributed by atoms with Gasteiger partial charge in [0.05, 0.1) is 19.2 Å². The van der Waals surface area contributed by atoms with Gasteiger partial charge in [0.25, 0.3) is 0 Å². The molecule has 0 bridgehead atoms. The van der Waals surface area contributed by atoms with E-state index in [0.29, 0.717) is 0 Å². The van der Waals surface area contributed by atoms with Crippen LogP contribution in [0.3, 0.4) is 0 Å². The maximum atomic E-state index is 8.91. The summed E-state index contributed by atoms with van der Waals surface area (Å²) in [6.07, 6.45) is 0. The van der Waals surface area contributed by atoms with Gasteiger partial charge in [-0.3, -0.25) is 4.90 Å². The molecule has 1 atom stereocenters. The van der Waals surface area contributed by atoms with E-state index in [2.05, 4.69) is 28.0 Å². The highest BCUT2D eigenvalue weighted by Crippen LogP contribution is 2.20. The van der Waals surface area contributed by atoms with Crippen molar-refractivity contribution in [3.63, 3.8) is 0 Å². The Bertz CT molecular complexity index is 416. The molecule has 4 nitrogen and oxygen atoms in total. The summed E-state index contributed by atoms with van der Waals surface area (Å²) < 4.78 is 5.16. The second-order valence-corrected chi connectivity index (χ2v) is 4.53. The minimum Gasteiger partial charge on any atom is -0.497 e. The van der Waals surface area contributed by atoms with E-state index in [1.807, 2.05) is 19.1 Å². The Kier molecular flexibility index (Phi) is 4.06. The number of nitrogens with zero attached hydrogens (tertiary/aromatic N) is 3. The zero-order chi connectivity index (χ0) is 13.0. The molecule has 0 aliphatic carbocycles. The first kappa shape index (κ1) is 12.7. The molecule has 0 N–H and O–H groups in total. The average Bonchev–Trinajstić information content (AvgIpc) is 2.47. The first-order valence-corrected chi connectivity index (χ1v) is 6.27. The van der Waals surface area contributed by atoms with Gasteiger partial charge in [0.1, 0.15) is 5.75 Å². The van der Waals surface area contributed by atoms with Crippen molar-refractivity contribution in [3.05, 3.63) is 24.3 Å². The van der Waals surface area contributed by atoms with Gasteiger partial charge in [-0.25, -0.2) is 0 Å². The molecular weight excluding hydrogens is 226 g/mol. The predicted octanol–water partition coefficient (Wildman–Crippen LogP) is 1.73. The first-order chi connectivity index (χ1) is 8.74. The highest BCUT2D eigenvalue weighted by molar-refractivity contribution is 5.49. The number of rotatable bonds is 3. The standard InChI is InChI=1S/C14H19N3O/c1-12(11-15)16-7-9-17(10-8-16)13-3-5-14(18-2)6-4-13/h3-6,12H,7-10H2,1-2H3. The number of nitriles is 1. The molecule has 0 spiro atoms. The molecular formula is C14H19N3O. The highest BCUT2D eigenvalue weighted by Gasteiger charge is 2.20. The van der Waals surface area contributed by atoms with Crippen molar-refractivity contribution < 1.29 is 4.74 Å². The molecule has 1 fully saturated rings. The molecule has 0 aromatic heterocycles. The van der Waals surface area contributed by atoms with E-state index in [4.69, 9.17) is 10.00 Å². The van der Waals surface area contributed by atoms with Crippen molar-refractivity contribution in [1.29, 1.82) is 5.26 Å². The quantitative estimate of drug-likeness (QED) is 0.813. The fraction of sp³-hybridized carbons (Fsp3) is 0.500. The van der Waals surface area contributed by atoms with Crippen LogP contribution in [0.5, 0.6) is 5.75 Å². The summed E-state index contributed by atoms with van der Waals surface area (Å²) >= 11 is 0. The van der Waals surface area contributed by atoms with Crippen LogP contribution in [0.2, 0.25) is 0 Å². The Balaban J connectivity index is 1.95. The third-order valence-electron chi connectivity index (χ3n) is 3.49. The van der Waals surface area contributed by atoms with Crippen molar-refractivity contribution in [2.75, 3.05) is 38.2 Å². The molecule has 0 amide bonds. The van der Waals surface area contributed by atoms with E-state index in [1.165, 1.54) is 5.69 Å². The van der Waals surface area contributed by atoms with Crippen LogP contribution in [0, 0.1) is 11.3 Å². The lowest BCUT2D eigenvalue weighted by Gasteiger charge is -2.37. The predicted molar refractivity (Wildman–Crippen MR) is 71.9 cm³/mol. The second-order valence-electron chi connectivity index (χ2n) is 4.53. The average molecular weight is 245 g/mol. The van der Waals surface area contributed by atoms with E-state index in [-0.39, 0.29) is 6.04 Å². The molecule has 0 saturated carbocycles. The van der Waals surface area contributed by atoms with Crippen molar-refractivity contribution in [1.82, 2.24) is 4.90 Å². The number of hydrogen-bond acceptors (Lipinski definition) is 4. The topological polar surface area (TPSA) is 39.5 Å². The van der Waals surface area contributed by atoms with E-state index >= 15 is 0 Å². The van der Waals surface area contributed by atoms with Gasteiger partial charge in [-0.1, -0.05) is 0 Å². The summed E-state index contributed by atoms with van der Waals surface area (Å²) in [4.78, 5) is 4.57. The molecule has 1 heterocycles. The molecule has 0 radical (unpaired) electrons. The molecule has 18 heavy (non-hydrogen) atoms. The molecule has 1 aromatic carbocycles. The van der Waals surface area contributed by atoms with Gasteiger partial charge in [-0.2, -0.15) is 5.26 Å². The SMILES string of the molecule is COc1ccc(N2CCN(C(C)C#N)CC2)cc1. The van der Waals surface area contributed by atoms with Crippen LogP contribution in [0.15, 0.2) is 24.3 Å². The van der Waals surface area contributed by atoms with Crippen molar-refractivity contribution >= 4 is 5.69 Å². The summed E-state index contributed by atoms with van der Waals surface area (Å²) in [6, 6.07) is 10.5. The highest BCUT2D eigenvalue weighted by atomic mass is 16.5. The molecule has 1 aliphatic rings. The van der Waals surface area contributed by atoms with Gasteiger partial charge in [-0.05, 0) is 31.2 Å². The Morgan fingerprint density at radius 1 is 1.17 bits per heavy atom. The lowest BCUT2D eigenvalue weighted by atomic mass is 10.2. The normalized spacial score (nSPS) is 18.2. The molecule has 1 aliphatic heterocycles. The molecule has 1 saturated heterocycles. The number of anilines is 1. The number of ether oxygens (including phenoxy) is 1. The van der Waals surface area contributed by atoms with E-state index in [9.17, 15) is 0 Å². The van der Waals surface area contributed by atoms with Gasteiger partial charge in [-0.15, -0.1) is 0 Å². The number of benzene rings is 1. The van der Waals surface area contributed by atoms with E-state index in [0.717, 1.165) is 31.9 Å². The number of hydrogen-bond donors (Lipinski definition) is 0. The molecule has 1 aromatic rings. The van der Waals surface area contributed by atoms with Crippen LogP contribution in [-0.2, 0) is 0 Å². The summed E-state index contributed by atoms with van der Waals surface area (Å²) in [7, 11) is 1.68. The number of methoxy groups -OCH3 is 1. The largest absolute Gasteiger partial charge is 0.497 e. The Labute approximate surface area is 108 Å². The van der Waals surface area contributed by atoms with Gasteiger partial charge >= 0.3 is 0 Å². The van der Waals surface area contributed by atoms with Crippen molar-refractivity contribution in [2.24, 2.45) is 0 Å². The molecule has 2 rings (SSSR count). The minimum absolute atomic E-state index is 0.0167. The van der Waals surface area contributed by atoms with Crippen LogP contribution in [0.25, 0.3) is 0 Å². The summed E-state index contributed by atoms with van der Waals surface area (Å²) in [5.41, 5.74) is 1.22. The maximum Gasteiger partial charge on any atom is 0.119 e. The fourth-order valence-electron chi connectivity index (χ4n) is 2.24. The molecule has 96 valence electrons. The van der Waals surface area contributed by atoms with Crippen LogP contribution in [-0.4, -0.2) is 44.2 Å². The first-order valence-electron chi connectivity index (χ1n) is 6.27. The summed E-state index contributed by atoms with van der Waals surface area (Å²) in [6.45, 7) is 5.79. The van der Waals surface area contributed by atoms with E-state index < -0.39 is 0 Å². The third kappa shape index (κ3) is 2.74. The number of piperazine rings is 1. The zero-order valence-corrected chi connectivity index (χ0v) is 11.0. The van der Waals surface area contributed by atoms with E-state index in [1.54, 1.807) is 7.11 Å². The Morgan fingerprint density at radius 3 is 2.28 bits per heavy atom. The van der Waals surface area contributed by atoms with Crippen molar-refractivity contribution in [2.45, 2.75) is 13.0 Å². The van der Waals surface area contributed by atoms with Crippen LogP contribution in [0.1, 0.15) is 6.92 Å². The monoisotopic (exact) mass is 245 g/mol. The smallest absolute Gasteiger partial charge is 0.119 e. The Morgan fingerprint density at radius 2 is 1.78 bits per heavy atom. The van der Waals surface area contributed by atoms with Gasteiger partial charge < -0.3 is 9.64 Å². The van der Waals surface area contributed by atoms with Gasteiger partial charge in [0.2, 0.25) is 0 Å². The third-order valence-corrected chi connectivity index (χ3v) is 3.49. The van der Waals surface area contributed by atoms with Gasteiger partial charge in [0, 0.05) is 31.9 Å².